The van der Waals surface area contributed by atoms with Crippen LogP contribution in [0, 0.1) is 19.7 Å². The third kappa shape index (κ3) is 7.00. The fraction of sp³-hybridized carbons (Fsp3) is 0.417. The molecule has 0 spiro atoms. The molecule has 0 aliphatic carbocycles. The van der Waals surface area contributed by atoms with Gasteiger partial charge in [-0.25, -0.2) is 4.39 Å². The van der Waals surface area contributed by atoms with Gasteiger partial charge in [-0.05, 0) is 50.5 Å². The molecule has 0 saturated heterocycles. The number of hydrogen-bond acceptors (Lipinski definition) is 2. The maximum absolute atomic E-state index is 13.3. The van der Waals surface area contributed by atoms with E-state index in [0.717, 1.165) is 35.1 Å². The quantitative estimate of drug-likeness (QED) is 0.640. The van der Waals surface area contributed by atoms with Crippen LogP contribution in [-0.4, -0.2) is 29.3 Å². The monoisotopic (exact) mass is 398 g/mol. The number of hydrogen-bond donors (Lipinski definition) is 1. The van der Waals surface area contributed by atoms with Crippen molar-refractivity contribution in [2.45, 2.75) is 59.5 Å². The largest absolute Gasteiger partial charge is 0.354 e. The van der Waals surface area contributed by atoms with E-state index in [1.54, 1.807) is 24.0 Å². The molecule has 5 heteroatoms. The van der Waals surface area contributed by atoms with Gasteiger partial charge in [-0.3, -0.25) is 9.59 Å². The number of nitrogens with one attached hydrogen (secondary N) is 1. The van der Waals surface area contributed by atoms with Gasteiger partial charge in [0.1, 0.15) is 11.9 Å². The van der Waals surface area contributed by atoms with Gasteiger partial charge in [0.15, 0.2) is 0 Å². The number of benzene rings is 2. The van der Waals surface area contributed by atoms with Crippen molar-refractivity contribution in [3.05, 3.63) is 70.5 Å². The minimum absolute atomic E-state index is 0.127. The summed E-state index contributed by atoms with van der Waals surface area (Å²) >= 11 is 0. The average molecular weight is 399 g/mol. The fourth-order valence-corrected chi connectivity index (χ4v) is 3.35. The van der Waals surface area contributed by atoms with Crippen molar-refractivity contribution in [2.24, 2.45) is 0 Å². The zero-order valence-electron chi connectivity index (χ0n) is 17.8. The molecule has 0 aromatic heterocycles. The first-order valence-electron chi connectivity index (χ1n) is 10.2. The zero-order valence-corrected chi connectivity index (χ0v) is 17.8. The first kappa shape index (κ1) is 22.6. The van der Waals surface area contributed by atoms with Crippen LogP contribution in [0.5, 0.6) is 0 Å². The lowest BCUT2D eigenvalue weighted by atomic mass is 10.0. The van der Waals surface area contributed by atoms with Crippen LogP contribution in [0.4, 0.5) is 4.39 Å². The van der Waals surface area contributed by atoms with Gasteiger partial charge in [-0.1, -0.05) is 54.8 Å². The number of carbonyl (C=O) groups excluding carboxylic acids is 2. The molecule has 0 radical (unpaired) electrons. The van der Waals surface area contributed by atoms with Crippen LogP contribution < -0.4 is 5.32 Å². The van der Waals surface area contributed by atoms with Gasteiger partial charge in [-0.15, -0.1) is 0 Å². The van der Waals surface area contributed by atoms with Crippen molar-refractivity contribution in [1.29, 1.82) is 0 Å². The summed E-state index contributed by atoms with van der Waals surface area (Å²) in [6.45, 7) is 8.65. The Balaban J connectivity index is 2.20. The van der Waals surface area contributed by atoms with E-state index in [1.165, 1.54) is 12.1 Å². The van der Waals surface area contributed by atoms with E-state index < -0.39 is 6.04 Å². The highest BCUT2D eigenvalue weighted by molar-refractivity contribution is 5.88. The van der Waals surface area contributed by atoms with Gasteiger partial charge in [-0.2, -0.15) is 0 Å². The maximum Gasteiger partial charge on any atom is 0.242 e. The Morgan fingerprint density at radius 2 is 1.66 bits per heavy atom. The second-order valence-electron chi connectivity index (χ2n) is 7.64. The Morgan fingerprint density at radius 1 is 1.03 bits per heavy atom. The number of unbranched alkanes of at least 4 members (excludes halogenated alkanes) is 1. The lowest BCUT2D eigenvalue weighted by molar-refractivity contribution is -0.140. The smallest absolute Gasteiger partial charge is 0.242 e. The molecule has 2 amide bonds. The summed E-state index contributed by atoms with van der Waals surface area (Å²) in [5.74, 6) is -0.626. The lowest BCUT2D eigenvalue weighted by Gasteiger charge is -2.29. The molecule has 2 aromatic rings. The van der Waals surface area contributed by atoms with E-state index >= 15 is 0 Å². The topological polar surface area (TPSA) is 49.4 Å². The Labute approximate surface area is 173 Å². The van der Waals surface area contributed by atoms with E-state index in [0.29, 0.717) is 6.54 Å². The predicted molar refractivity (Wildman–Crippen MR) is 114 cm³/mol. The summed E-state index contributed by atoms with van der Waals surface area (Å²) in [5, 5.41) is 2.90. The second kappa shape index (κ2) is 10.7. The number of amides is 2. The van der Waals surface area contributed by atoms with Gasteiger partial charge in [0.05, 0.1) is 6.42 Å². The minimum Gasteiger partial charge on any atom is -0.354 e. The highest BCUT2D eigenvalue weighted by atomic mass is 19.1. The zero-order chi connectivity index (χ0) is 21.4. The molecule has 0 aliphatic heterocycles. The van der Waals surface area contributed by atoms with E-state index in [2.05, 4.69) is 18.3 Å². The van der Waals surface area contributed by atoms with Crippen molar-refractivity contribution in [3.63, 3.8) is 0 Å². The first-order chi connectivity index (χ1) is 13.8. The molecule has 0 aliphatic rings. The molecular weight excluding hydrogens is 367 g/mol. The normalized spacial score (nSPS) is 11.8. The molecule has 0 fully saturated rings. The predicted octanol–water partition coefficient (Wildman–Crippen LogP) is 4.32. The molecule has 29 heavy (non-hydrogen) atoms. The third-order valence-electron chi connectivity index (χ3n) is 4.90. The Kier molecular flexibility index (Phi) is 8.37. The van der Waals surface area contributed by atoms with Crippen LogP contribution in [0.2, 0.25) is 0 Å². The highest BCUT2D eigenvalue weighted by Gasteiger charge is 2.26. The van der Waals surface area contributed by atoms with Crippen LogP contribution in [0.1, 0.15) is 48.9 Å². The van der Waals surface area contributed by atoms with E-state index in [9.17, 15) is 14.0 Å². The molecule has 2 rings (SSSR count). The minimum atomic E-state index is -0.615. The van der Waals surface area contributed by atoms with Crippen LogP contribution in [-0.2, 0) is 22.6 Å². The van der Waals surface area contributed by atoms with Crippen LogP contribution in [0.25, 0.3) is 0 Å². The first-order valence-corrected chi connectivity index (χ1v) is 10.2. The molecule has 0 unspecified atom stereocenters. The fourth-order valence-electron chi connectivity index (χ4n) is 3.35. The highest BCUT2D eigenvalue weighted by Crippen LogP contribution is 2.15. The van der Waals surface area contributed by atoms with Gasteiger partial charge < -0.3 is 10.2 Å². The third-order valence-corrected chi connectivity index (χ3v) is 4.90. The van der Waals surface area contributed by atoms with Gasteiger partial charge in [0, 0.05) is 13.1 Å². The van der Waals surface area contributed by atoms with E-state index in [4.69, 9.17) is 0 Å². The standard InChI is InChI=1S/C24H31FN2O2/c1-5-6-11-26-24(29)19(4)27(16-20-7-9-22(25)10-8-20)23(28)15-21-13-17(2)12-18(3)14-21/h7-10,12-14,19H,5-6,11,15-16H2,1-4H3,(H,26,29)/t19-/m1/s1. The summed E-state index contributed by atoms with van der Waals surface area (Å²) in [5.41, 5.74) is 3.91. The number of carbonyl (C=O) groups is 2. The number of nitrogens with zero attached hydrogens (tertiary/aromatic N) is 1. The second-order valence-corrected chi connectivity index (χ2v) is 7.64. The van der Waals surface area contributed by atoms with Gasteiger partial charge in [0.25, 0.3) is 0 Å². The van der Waals surface area contributed by atoms with Gasteiger partial charge >= 0.3 is 0 Å². The molecule has 156 valence electrons. The summed E-state index contributed by atoms with van der Waals surface area (Å²) in [6.07, 6.45) is 2.10. The van der Waals surface area contributed by atoms with Crippen molar-refractivity contribution < 1.29 is 14.0 Å². The van der Waals surface area contributed by atoms with Crippen molar-refractivity contribution in [2.75, 3.05) is 6.54 Å². The molecule has 0 bridgehead atoms. The SMILES string of the molecule is CCCCNC(=O)[C@@H](C)N(Cc1ccc(F)cc1)C(=O)Cc1cc(C)cc(C)c1. The molecule has 2 aromatic carbocycles. The molecule has 0 heterocycles. The van der Waals surface area contributed by atoms with Crippen molar-refractivity contribution in [3.8, 4) is 0 Å². The van der Waals surface area contributed by atoms with E-state index in [1.807, 2.05) is 26.0 Å². The summed E-state index contributed by atoms with van der Waals surface area (Å²) in [6, 6.07) is 11.5. The Morgan fingerprint density at radius 3 is 2.24 bits per heavy atom. The Hall–Kier alpha value is -2.69. The van der Waals surface area contributed by atoms with Crippen molar-refractivity contribution >= 4 is 11.8 Å². The molecule has 0 saturated carbocycles. The van der Waals surface area contributed by atoms with Crippen LogP contribution in [0.3, 0.4) is 0 Å². The summed E-state index contributed by atoms with van der Waals surface area (Å²) in [4.78, 5) is 27.3. The van der Waals surface area contributed by atoms with Crippen LogP contribution >= 0.6 is 0 Å². The molecule has 1 atom stereocenters. The number of halogens is 1. The maximum atomic E-state index is 13.3. The lowest BCUT2D eigenvalue weighted by Crippen LogP contribution is -2.48. The summed E-state index contributed by atoms with van der Waals surface area (Å²) < 4.78 is 13.3. The molecule has 1 N–H and O–H groups in total. The van der Waals surface area contributed by atoms with Crippen molar-refractivity contribution in [1.82, 2.24) is 10.2 Å². The molecular formula is C24H31FN2O2. The number of aryl methyl sites for hydroxylation is 2. The van der Waals surface area contributed by atoms with Gasteiger partial charge in [0.2, 0.25) is 11.8 Å². The molecule has 4 nitrogen and oxygen atoms in total. The van der Waals surface area contributed by atoms with Crippen LogP contribution in [0.15, 0.2) is 42.5 Å². The average Bonchev–Trinajstić information content (AvgIpc) is 2.66. The van der Waals surface area contributed by atoms with E-state index in [-0.39, 0.29) is 30.6 Å². The summed E-state index contributed by atoms with van der Waals surface area (Å²) in [7, 11) is 0. The Bertz CT molecular complexity index is 813. The number of rotatable bonds is 9.